The zero-order valence-corrected chi connectivity index (χ0v) is 17.0. The van der Waals surface area contributed by atoms with Crippen molar-refractivity contribution in [1.82, 2.24) is 14.5 Å². The number of piperidine rings is 1. The molecule has 0 aromatic heterocycles. The molecule has 1 aromatic rings. The first-order chi connectivity index (χ1) is 11.9. The Bertz CT molecular complexity index is 724. The van der Waals surface area contributed by atoms with E-state index in [2.05, 4.69) is 5.32 Å². The van der Waals surface area contributed by atoms with Crippen molar-refractivity contribution in [3.63, 3.8) is 0 Å². The fourth-order valence-electron chi connectivity index (χ4n) is 3.64. The third-order valence-corrected chi connectivity index (χ3v) is 7.24. The first-order valence-corrected chi connectivity index (χ1v) is 10.5. The van der Waals surface area contributed by atoms with Crippen molar-refractivity contribution in [3.05, 3.63) is 29.8 Å². The maximum Gasteiger partial charge on any atom is 0.254 e. The van der Waals surface area contributed by atoms with Gasteiger partial charge in [0.1, 0.15) is 0 Å². The van der Waals surface area contributed by atoms with Gasteiger partial charge in [-0.25, -0.2) is 8.42 Å². The lowest BCUT2D eigenvalue weighted by Gasteiger charge is -2.34. The molecule has 6 nitrogen and oxygen atoms in total. The fourth-order valence-corrected chi connectivity index (χ4v) is 5.34. The molecule has 2 unspecified atom stereocenters. The minimum absolute atomic E-state index is 0. The van der Waals surface area contributed by atoms with Gasteiger partial charge in [0.05, 0.1) is 4.90 Å². The van der Waals surface area contributed by atoms with Crippen LogP contribution < -0.4 is 5.32 Å². The lowest BCUT2D eigenvalue weighted by atomic mass is 10.1. The average Bonchev–Trinajstić information content (AvgIpc) is 2.62. The molecule has 2 aliphatic heterocycles. The summed E-state index contributed by atoms with van der Waals surface area (Å²) in [7, 11) is -3.49. The molecule has 2 aliphatic rings. The summed E-state index contributed by atoms with van der Waals surface area (Å²) < 4.78 is 27.3. The minimum Gasteiger partial charge on any atom is -0.333 e. The van der Waals surface area contributed by atoms with E-state index in [9.17, 15) is 13.2 Å². The number of halogens is 1. The van der Waals surface area contributed by atoms with Crippen LogP contribution in [0.3, 0.4) is 0 Å². The number of nitrogens with one attached hydrogen (secondary N) is 1. The molecule has 2 heterocycles. The second kappa shape index (κ2) is 8.69. The highest BCUT2D eigenvalue weighted by molar-refractivity contribution is 7.89. The van der Waals surface area contributed by atoms with E-state index in [1.165, 1.54) is 0 Å². The topological polar surface area (TPSA) is 69.7 Å². The largest absolute Gasteiger partial charge is 0.333 e. The van der Waals surface area contributed by atoms with Crippen LogP contribution in [-0.4, -0.2) is 61.8 Å². The number of rotatable bonds is 3. The van der Waals surface area contributed by atoms with E-state index in [0.29, 0.717) is 18.7 Å². The number of carbonyl (C=O) groups is 1. The first-order valence-electron chi connectivity index (χ1n) is 9.05. The van der Waals surface area contributed by atoms with Gasteiger partial charge in [-0.1, -0.05) is 6.42 Å². The van der Waals surface area contributed by atoms with E-state index in [-0.39, 0.29) is 35.3 Å². The normalized spacial score (nSPS) is 24.8. The average molecular weight is 402 g/mol. The monoisotopic (exact) mass is 401 g/mol. The van der Waals surface area contributed by atoms with E-state index in [1.807, 2.05) is 18.7 Å². The van der Waals surface area contributed by atoms with Crippen molar-refractivity contribution >= 4 is 28.3 Å². The third kappa shape index (κ3) is 4.22. The van der Waals surface area contributed by atoms with Crippen LogP contribution in [0.15, 0.2) is 29.2 Å². The molecule has 2 saturated heterocycles. The number of benzene rings is 1. The summed E-state index contributed by atoms with van der Waals surface area (Å²) in [6.45, 7) is 6.79. The van der Waals surface area contributed by atoms with Crippen molar-refractivity contribution in [2.45, 2.75) is 50.1 Å². The zero-order chi connectivity index (χ0) is 18.0. The van der Waals surface area contributed by atoms with Crippen molar-refractivity contribution in [3.8, 4) is 0 Å². The smallest absolute Gasteiger partial charge is 0.254 e. The molecule has 0 radical (unpaired) electrons. The maximum atomic E-state index is 12.9. The molecule has 26 heavy (non-hydrogen) atoms. The number of carbonyl (C=O) groups excluding carboxylic acids is 1. The van der Waals surface area contributed by atoms with E-state index in [4.69, 9.17) is 0 Å². The molecule has 8 heteroatoms. The van der Waals surface area contributed by atoms with Crippen molar-refractivity contribution in [2.24, 2.45) is 0 Å². The molecule has 0 aliphatic carbocycles. The standard InChI is InChI=1S/C18H27N3O3S.ClH/c1-14-5-3-4-11-21(14)25(23,24)17-8-6-16(7-9-17)18(22)20-12-10-19-13-15(20)2;/h6-9,14-15,19H,3-5,10-13H2,1-2H3;1H. The highest BCUT2D eigenvalue weighted by Crippen LogP contribution is 2.25. The summed E-state index contributed by atoms with van der Waals surface area (Å²) in [5, 5.41) is 3.26. The van der Waals surface area contributed by atoms with Gasteiger partial charge < -0.3 is 10.2 Å². The van der Waals surface area contributed by atoms with E-state index >= 15 is 0 Å². The summed E-state index contributed by atoms with van der Waals surface area (Å²) in [5.74, 6) is -0.0377. The zero-order valence-electron chi connectivity index (χ0n) is 15.3. The van der Waals surface area contributed by atoms with Gasteiger partial charge in [0.2, 0.25) is 10.0 Å². The van der Waals surface area contributed by atoms with Crippen LogP contribution in [0.5, 0.6) is 0 Å². The molecule has 0 saturated carbocycles. The van der Waals surface area contributed by atoms with Crippen LogP contribution >= 0.6 is 12.4 Å². The van der Waals surface area contributed by atoms with Crippen LogP contribution in [0.1, 0.15) is 43.5 Å². The highest BCUT2D eigenvalue weighted by Gasteiger charge is 2.31. The van der Waals surface area contributed by atoms with Gasteiger partial charge in [0.15, 0.2) is 0 Å². The second-order valence-corrected chi connectivity index (χ2v) is 8.93. The number of sulfonamides is 1. The molecule has 0 bridgehead atoms. The molecule has 2 atom stereocenters. The summed E-state index contributed by atoms with van der Waals surface area (Å²) in [5.41, 5.74) is 0.541. The van der Waals surface area contributed by atoms with Gasteiger partial charge in [0, 0.05) is 43.8 Å². The summed E-state index contributed by atoms with van der Waals surface area (Å²) >= 11 is 0. The van der Waals surface area contributed by atoms with Crippen LogP contribution in [-0.2, 0) is 10.0 Å². The molecule has 1 aromatic carbocycles. The van der Waals surface area contributed by atoms with Crippen LogP contribution in [0, 0.1) is 0 Å². The number of piperazine rings is 1. The molecule has 0 spiro atoms. The van der Waals surface area contributed by atoms with E-state index in [1.54, 1.807) is 28.6 Å². The Morgan fingerprint density at radius 1 is 1.08 bits per heavy atom. The predicted molar refractivity (Wildman–Crippen MR) is 104 cm³/mol. The molecule has 1 N–H and O–H groups in total. The second-order valence-electron chi connectivity index (χ2n) is 7.04. The summed E-state index contributed by atoms with van der Waals surface area (Å²) in [6, 6.07) is 6.57. The first kappa shape index (κ1) is 21.2. The van der Waals surface area contributed by atoms with Gasteiger partial charge in [-0.05, 0) is 51.0 Å². The minimum atomic E-state index is -3.49. The summed E-state index contributed by atoms with van der Waals surface area (Å²) in [6.07, 6.45) is 2.88. The van der Waals surface area contributed by atoms with Crippen molar-refractivity contribution < 1.29 is 13.2 Å². The quantitative estimate of drug-likeness (QED) is 0.842. The SMILES string of the molecule is CC1CNCCN1C(=O)c1ccc(S(=O)(=O)N2CCCCC2C)cc1.Cl. The number of hydrogen-bond acceptors (Lipinski definition) is 4. The Hall–Kier alpha value is -1.15. The Morgan fingerprint density at radius 3 is 2.38 bits per heavy atom. The van der Waals surface area contributed by atoms with Crippen molar-refractivity contribution in [1.29, 1.82) is 0 Å². The number of amides is 1. The van der Waals surface area contributed by atoms with Crippen LogP contribution in [0.2, 0.25) is 0 Å². The Morgan fingerprint density at radius 2 is 1.77 bits per heavy atom. The molecule has 1 amide bonds. The highest BCUT2D eigenvalue weighted by atomic mass is 35.5. The van der Waals surface area contributed by atoms with Crippen LogP contribution in [0.4, 0.5) is 0 Å². The van der Waals surface area contributed by atoms with Gasteiger partial charge in [0.25, 0.3) is 5.91 Å². The Labute approximate surface area is 162 Å². The summed E-state index contributed by atoms with van der Waals surface area (Å²) in [4.78, 5) is 14.8. The molecular weight excluding hydrogens is 374 g/mol. The molecular formula is C18H28ClN3O3S. The van der Waals surface area contributed by atoms with Gasteiger partial charge >= 0.3 is 0 Å². The van der Waals surface area contributed by atoms with Gasteiger partial charge in [-0.15, -0.1) is 12.4 Å². The Balaban J connectivity index is 0.00000243. The van der Waals surface area contributed by atoms with Crippen molar-refractivity contribution in [2.75, 3.05) is 26.2 Å². The van der Waals surface area contributed by atoms with Crippen LogP contribution in [0.25, 0.3) is 0 Å². The van der Waals surface area contributed by atoms with E-state index in [0.717, 1.165) is 32.4 Å². The lowest BCUT2D eigenvalue weighted by molar-refractivity contribution is 0.0655. The molecule has 2 fully saturated rings. The maximum absolute atomic E-state index is 12.9. The Kier molecular flexibility index (Phi) is 7.07. The fraction of sp³-hybridized carbons (Fsp3) is 0.611. The van der Waals surface area contributed by atoms with E-state index < -0.39 is 10.0 Å². The van der Waals surface area contributed by atoms with Gasteiger partial charge in [-0.3, -0.25) is 4.79 Å². The predicted octanol–water partition coefficient (Wildman–Crippen LogP) is 2.11. The number of nitrogens with zero attached hydrogens (tertiary/aromatic N) is 2. The number of hydrogen-bond donors (Lipinski definition) is 1. The van der Waals surface area contributed by atoms with Gasteiger partial charge in [-0.2, -0.15) is 4.31 Å². The lowest BCUT2D eigenvalue weighted by Crippen LogP contribution is -2.52. The molecule has 146 valence electrons. The third-order valence-electron chi connectivity index (χ3n) is 5.21. The molecule has 3 rings (SSSR count).